The molecule has 13 heavy (non-hydrogen) atoms. The molecule has 0 heterocycles. The Labute approximate surface area is 87.9 Å². The third-order valence-electron chi connectivity index (χ3n) is 2.06. The zero-order valence-electron chi connectivity index (χ0n) is 9.23. The fraction of sp³-hybridized carbons (Fsp3) is 0.833. The molecule has 1 unspecified atom stereocenters. The molecule has 0 spiro atoms. The molecule has 1 heteroatoms. The Hall–Kier alpha value is -0.0900. The van der Waals surface area contributed by atoms with Gasteiger partial charge in [-0.1, -0.05) is 57.7 Å². The molecule has 0 amide bonds. The van der Waals surface area contributed by atoms with E-state index < -0.39 is 0 Å². The molecule has 0 aliphatic heterocycles. The van der Waals surface area contributed by atoms with E-state index in [0.717, 1.165) is 6.42 Å². The molecule has 0 aromatic heterocycles. The van der Waals surface area contributed by atoms with Gasteiger partial charge in [0.25, 0.3) is 0 Å². The molecule has 0 rings (SSSR count). The average molecular weight is 198 g/mol. The molecule has 0 saturated carbocycles. The van der Waals surface area contributed by atoms with Gasteiger partial charge in [0.1, 0.15) is 0 Å². The molecule has 0 bridgehead atoms. The van der Waals surface area contributed by atoms with Crippen molar-refractivity contribution in [3.63, 3.8) is 0 Å². The predicted molar refractivity (Wildman–Crippen MR) is 63.9 cm³/mol. The molecule has 0 saturated heterocycles. The highest BCUT2D eigenvalue weighted by molar-refractivity contribution is 8.04. The summed E-state index contributed by atoms with van der Waals surface area (Å²) in [6.45, 7) is 6.68. The van der Waals surface area contributed by atoms with Crippen LogP contribution in [0.3, 0.4) is 0 Å². The molecule has 0 N–H and O–H groups in total. The summed E-state index contributed by atoms with van der Waals surface area (Å²) in [5.74, 6) is 3.22. The minimum absolute atomic E-state index is 0.697. The van der Waals surface area contributed by atoms with Crippen LogP contribution in [0.2, 0.25) is 0 Å². The molecule has 0 aliphatic carbocycles. The zero-order valence-corrected chi connectivity index (χ0v) is 10.0. The smallest absolute Gasteiger partial charge is 0.0140 e. The largest absolute Gasteiger partial charge is 0.0913 e. The third-order valence-corrected chi connectivity index (χ3v) is 3.06. The Balaban J connectivity index is 3.20. The van der Waals surface area contributed by atoms with Gasteiger partial charge in [0, 0.05) is 11.7 Å². The van der Waals surface area contributed by atoms with Crippen LogP contribution in [0.15, 0.2) is 0 Å². The van der Waals surface area contributed by atoms with Gasteiger partial charge in [-0.2, -0.15) is 0 Å². The van der Waals surface area contributed by atoms with Crippen LogP contribution in [0.4, 0.5) is 0 Å². The van der Waals surface area contributed by atoms with Crippen LogP contribution in [-0.2, 0) is 0 Å². The molecule has 0 radical (unpaired) electrons. The van der Waals surface area contributed by atoms with Crippen molar-refractivity contribution < 1.29 is 0 Å². The number of hydrogen-bond donors (Lipinski definition) is 0. The second-order valence-corrected chi connectivity index (χ2v) is 4.67. The maximum Gasteiger partial charge on any atom is 0.0140 e. The van der Waals surface area contributed by atoms with Gasteiger partial charge in [-0.3, -0.25) is 0 Å². The van der Waals surface area contributed by atoms with E-state index in [0.29, 0.717) is 5.25 Å². The summed E-state index contributed by atoms with van der Waals surface area (Å²) in [4.78, 5) is 0. The van der Waals surface area contributed by atoms with Crippen molar-refractivity contribution in [2.24, 2.45) is 0 Å². The molecule has 0 aromatic rings. The topological polar surface area (TPSA) is 0 Å². The lowest BCUT2D eigenvalue weighted by Gasteiger charge is -1.98. The van der Waals surface area contributed by atoms with E-state index in [4.69, 9.17) is 0 Å². The Morgan fingerprint density at radius 1 is 1.15 bits per heavy atom. The third kappa shape index (κ3) is 9.83. The van der Waals surface area contributed by atoms with Crippen LogP contribution < -0.4 is 0 Å². The van der Waals surface area contributed by atoms with E-state index in [1.54, 1.807) is 11.8 Å². The van der Waals surface area contributed by atoms with Crippen molar-refractivity contribution in [3.05, 3.63) is 0 Å². The van der Waals surface area contributed by atoms with Crippen molar-refractivity contribution in [1.29, 1.82) is 0 Å². The summed E-state index contributed by atoms with van der Waals surface area (Å²) < 4.78 is 0. The number of hydrogen-bond acceptors (Lipinski definition) is 1. The number of rotatable bonds is 6. The summed E-state index contributed by atoms with van der Waals surface area (Å²) in [7, 11) is 0. The first-order valence-electron chi connectivity index (χ1n) is 5.44. The summed E-state index contributed by atoms with van der Waals surface area (Å²) in [5.41, 5.74) is 0. The quantitative estimate of drug-likeness (QED) is 0.449. The van der Waals surface area contributed by atoms with Crippen LogP contribution in [-0.4, -0.2) is 5.25 Å². The first-order chi connectivity index (χ1) is 6.31. The van der Waals surface area contributed by atoms with E-state index in [1.807, 2.05) is 0 Å². The lowest BCUT2D eigenvalue weighted by molar-refractivity contribution is 0.680. The maximum atomic E-state index is 3.22. The SMILES string of the molecule is CCCCCCC#CSC(C)CC. The lowest BCUT2D eigenvalue weighted by Crippen LogP contribution is -1.88. The molecule has 0 fully saturated rings. The van der Waals surface area contributed by atoms with Gasteiger partial charge in [0.05, 0.1) is 0 Å². The minimum Gasteiger partial charge on any atom is -0.0913 e. The Morgan fingerprint density at radius 3 is 2.54 bits per heavy atom. The fourth-order valence-corrected chi connectivity index (χ4v) is 1.47. The molecule has 0 aromatic carbocycles. The van der Waals surface area contributed by atoms with E-state index in [-0.39, 0.29) is 0 Å². The lowest BCUT2D eigenvalue weighted by atomic mass is 10.2. The van der Waals surface area contributed by atoms with E-state index >= 15 is 0 Å². The Morgan fingerprint density at radius 2 is 1.92 bits per heavy atom. The molecule has 76 valence electrons. The first-order valence-corrected chi connectivity index (χ1v) is 6.32. The van der Waals surface area contributed by atoms with Crippen LogP contribution in [0, 0.1) is 11.2 Å². The van der Waals surface area contributed by atoms with Crippen molar-refractivity contribution >= 4 is 11.8 Å². The average Bonchev–Trinajstić information content (AvgIpc) is 2.16. The summed E-state index contributed by atoms with van der Waals surface area (Å²) in [6.07, 6.45) is 7.61. The van der Waals surface area contributed by atoms with Crippen molar-refractivity contribution in [2.75, 3.05) is 0 Å². The van der Waals surface area contributed by atoms with Crippen LogP contribution >= 0.6 is 11.8 Å². The standard InChI is InChI=1S/C12H22S/c1-4-6-7-8-9-10-11-13-12(3)5-2/h12H,4-9H2,1-3H3. The monoisotopic (exact) mass is 198 g/mol. The van der Waals surface area contributed by atoms with Gasteiger partial charge < -0.3 is 0 Å². The van der Waals surface area contributed by atoms with Crippen LogP contribution in [0.5, 0.6) is 0 Å². The summed E-state index contributed by atoms with van der Waals surface area (Å²) >= 11 is 1.78. The molecule has 0 nitrogen and oxygen atoms in total. The van der Waals surface area contributed by atoms with Crippen molar-refractivity contribution in [1.82, 2.24) is 0 Å². The Bertz CT molecular complexity index is 152. The second kappa shape index (κ2) is 9.99. The zero-order chi connectivity index (χ0) is 9.94. The van der Waals surface area contributed by atoms with Gasteiger partial charge in [0.15, 0.2) is 0 Å². The van der Waals surface area contributed by atoms with Gasteiger partial charge in [0.2, 0.25) is 0 Å². The van der Waals surface area contributed by atoms with Crippen LogP contribution in [0.1, 0.15) is 59.3 Å². The van der Waals surface area contributed by atoms with Crippen LogP contribution in [0.25, 0.3) is 0 Å². The van der Waals surface area contributed by atoms with Crippen molar-refractivity contribution in [3.8, 4) is 11.2 Å². The van der Waals surface area contributed by atoms with Gasteiger partial charge >= 0.3 is 0 Å². The Kier molecular flexibility index (Phi) is 9.92. The van der Waals surface area contributed by atoms with Crippen molar-refractivity contribution in [2.45, 2.75) is 64.5 Å². The summed E-state index contributed by atoms with van der Waals surface area (Å²) in [5, 5.41) is 3.88. The van der Waals surface area contributed by atoms with E-state index in [1.165, 1.54) is 32.1 Å². The van der Waals surface area contributed by atoms with Gasteiger partial charge in [-0.15, -0.1) is 0 Å². The number of thioether (sulfide) groups is 1. The van der Waals surface area contributed by atoms with Gasteiger partial charge in [-0.05, 0) is 18.1 Å². The normalized spacial score (nSPS) is 11.9. The fourth-order valence-electron chi connectivity index (χ4n) is 0.917. The number of unbranched alkanes of at least 4 members (excludes halogenated alkanes) is 4. The van der Waals surface area contributed by atoms with E-state index in [2.05, 4.69) is 31.9 Å². The van der Waals surface area contributed by atoms with Gasteiger partial charge in [-0.25, -0.2) is 0 Å². The highest BCUT2D eigenvalue weighted by Crippen LogP contribution is 2.11. The molecule has 1 atom stereocenters. The van der Waals surface area contributed by atoms with E-state index in [9.17, 15) is 0 Å². The molecule has 0 aliphatic rings. The molecular formula is C12H22S. The highest BCUT2D eigenvalue weighted by atomic mass is 32.2. The highest BCUT2D eigenvalue weighted by Gasteiger charge is 1.93. The first kappa shape index (κ1) is 12.9. The molecular weight excluding hydrogens is 176 g/mol. The second-order valence-electron chi connectivity index (χ2n) is 3.43. The predicted octanol–water partition coefficient (Wildman–Crippen LogP) is 4.45. The minimum atomic E-state index is 0.697. The maximum absolute atomic E-state index is 3.22. The summed E-state index contributed by atoms with van der Waals surface area (Å²) in [6, 6.07) is 0.